The number of ether oxygens (including phenoxy) is 2. The first-order chi connectivity index (χ1) is 14.3. The predicted octanol–water partition coefficient (Wildman–Crippen LogP) is 4.64. The number of hydrogen-bond acceptors (Lipinski definition) is 4. The van der Waals surface area contributed by atoms with E-state index in [1.807, 2.05) is 42.5 Å². The molecule has 146 valence electrons. The van der Waals surface area contributed by atoms with Crippen LogP contribution in [-0.2, 0) is 4.74 Å². The van der Waals surface area contributed by atoms with Gasteiger partial charge in [-0.15, -0.1) is 0 Å². The van der Waals surface area contributed by atoms with Crippen molar-refractivity contribution in [1.82, 2.24) is 10.3 Å². The van der Waals surface area contributed by atoms with Gasteiger partial charge in [-0.05, 0) is 33.9 Å². The summed E-state index contributed by atoms with van der Waals surface area (Å²) in [4.78, 5) is 16.2. The molecule has 0 unspecified atom stereocenters. The van der Waals surface area contributed by atoms with Crippen LogP contribution in [0.5, 0.6) is 5.75 Å². The SMILES string of the molecule is COc1cncc(C=CCNC(=O)OCC2c3ccccc3-c3ccccc32)c1. The lowest BCUT2D eigenvalue weighted by molar-refractivity contribution is 0.144. The van der Waals surface area contributed by atoms with Gasteiger partial charge in [0, 0.05) is 18.7 Å². The van der Waals surface area contributed by atoms with Crippen LogP contribution in [0.4, 0.5) is 4.79 Å². The molecule has 0 bridgehead atoms. The van der Waals surface area contributed by atoms with Crippen molar-refractivity contribution in [3.05, 3.63) is 89.8 Å². The topological polar surface area (TPSA) is 60.5 Å². The first-order valence-electron chi connectivity index (χ1n) is 9.50. The number of nitrogens with zero attached hydrogens (tertiary/aromatic N) is 1. The van der Waals surface area contributed by atoms with Gasteiger partial charge in [0.15, 0.2) is 0 Å². The number of nitrogens with one attached hydrogen (secondary N) is 1. The van der Waals surface area contributed by atoms with Gasteiger partial charge >= 0.3 is 6.09 Å². The van der Waals surface area contributed by atoms with Crippen LogP contribution in [0.25, 0.3) is 17.2 Å². The molecular formula is C24H22N2O3. The number of pyridine rings is 1. The minimum atomic E-state index is -0.430. The summed E-state index contributed by atoms with van der Waals surface area (Å²) in [6.07, 6.45) is 6.66. The van der Waals surface area contributed by atoms with Gasteiger partial charge in [-0.25, -0.2) is 4.79 Å². The highest BCUT2D eigenvalue weighted by Gasteiger charge is 2.28. The van der Waals surface area contributed by atoms with E-state index in [9.17, 15) is 4.79 Å². The second-order valence-corrected chi connectivity index (χ2v) is 6.77. The lowest BCUT2D eigenvalue weighted by Crippen LogP contribution is -2.26. The molecule has 1 aliphatic carbocycles. The van der Waals surface area contributed by atoms with E-state index >= 15 is 0 Å². The predicted molar refractivity (Wildman–Crippen MR) is 113 cm³/mol. The number of alkyl carbamates (subject to hydrolysis) is 1. The summed E-state index contributed by atoms with van der Waals surface area (Å²) >= 11 is 0. The molecule has 1 aliphatic rings. The number of fused-ring (bicyclic) bond motifs is 3. The molecular weight excluding hydrogens is 364 g/mol. The smallest absolute Gasteiger partial charge is 0.407 e. The van der Waals surface area contributed by atoms with E-state index in [1.54, 1.807) is 19.5 Å². The Morgan fingerprint density at radius 1 is 1.07 bits per heavy atom. The largest absolute Gasteiger partial charge is 0.495 e. The van der Waals surface area contributed by atoms with Crippen LogP contribution in [0.3, 0.4) is 0 Å². The van der Waals surface area contributed by atoms with Crippen molar-refractivity contribution in [3.8, 4) is 16.9 Å². The molecule has 0 saturated heterocycles. The van der Waals surface area contributed by atoms with Gasteiger partial charge in [-0.1, -0.05) is 60.7 Å². The molecule has 0 fully saturated rings. The number of rotatable bonds is 6. The molecule has 0 radical (unpaired) electrons. The highest BCUT2D eigenvalue weighted by molar-refractivity contribution is 5.79. The van der Waals surface area contributed by atoms with Crippen molar-refractivity contribution in [1.29, 1.82) is 0 Å². The van der Waals surface area contributed by atoms with Crippen molar-refractivity contribution >= 4 is 12.2 Å². The Bertz CT molecular complexity index is 1000. The second-order valence-electron chi connectivity index (χ2n) is 6.77. The summed E-state index contributed by atoms with van der Waals surface area (Å²) in [5, 5.41) is 2.75. The van der Waals surface area contributed by atoms with Crippen LogP contribution in [0.15, 0.2) is 73.1 Å². The number of carbonyl (C=O) groups is 1. The third kappa shape index (κ3) is 4.14. The summed E-state index contributed by atoms with van der Waals surface area (Å²) < 4.78 is 10.7. The zero-order chi connectivity index (χ0) is 20.1. The highest BCUT2D eigenvalue weighted by atomic mass is 16.5. The fourth-order valence-corrected chi connectivity index (χ4v) is 3.63. The second kappa shape index (κ2) is 8.61. The fourth-order valence-electron chi connectivity index (χ4n) is 3.63. The Labute approximate surface area is 170 Å². The van der Waals surface area contributed by atoms with Crippen molar-refractivity contribution in [2.75, 3.05) is 20.3 Å². The average Bonchev–Trinajstić information content (AvgIpc) is 3.09. The molecule has 1 N–H and O–H groups in total. The number of methoxy groups -OCH3 is 1. The molecule has 5 heteroatoms. The van der Waals surface area contributed by atoms with Gasteiger partial charge in [0.25, 0.3) is 0 Å². The van der Waals surface area contributed by atoms with Crippen LogP contribution < -0.4 is 10.1 Å². The van der Waals surface area contributed by atoms with E-state index in [0.717, 1.165) is 5.56 Å². The van der Waals surface area contributed by atoms with Gasteiger partial charge in [0.1, 0.15) is 12.4 Å². The molecule has 0 spiro atoms. The van der Waals surface area contributed by atoms with E-state index < -0.39 is 6.09 Å². The lowest BCUT2D eigenvalue weighted by Gasteiger charge is -2.14. The third-order valence-corrected chi connectivity index (χ3v) is 4.99. The van der Waals surface area contributed by atoms with Crippen LogP contribution in [0, 0.1) is 0 Å². The summed E-state index contributed by atoms with van der Waals surface area (Å²) in [5.41, 5.74) is 5.73. The Morgan fingerprint density at radius 3 is 2.45 bits per heavy atom. The summed E-state index contributed by atoms with van der Waals surface area (Å²) in [6.45, 7) is 0.678. The van der Waals surface area contributed by atoms with Crippen molar-refractivity contribution < 1.29 is 14.3 Å². The molecule has 0 atom stereocenters. The van der Waals surface area contributed by atoms with Crippen molar-refractivity contribution in [3.63, 3.8) is 0 Å². The summed E-state index contributed by atoms with van der Waals surface area (Å²) in [5.74, 6) is 0.753. The van der Waals surface area contributed by atoms with E-state index in [-0.39, 0.29) is 5.92 Å². The summed E-state index contributed by atoms with van der Waals surface area (Å²) in [6, 6.07) is 18.4. The molecule has 2 aromatic carbocycles. The van der Waals surface area contributed by atoms with Gasteiger partial charge in [-0.3, -0.25) is 4.98 Å². The van der Waals surface area contributed by atoms with Crippen LogP contribution in [0.1, 0.15) is 22.6 Å². The van der Waals surface area contributed by atoms with Crippen LogP contribution >= 0.6 is 0 Å². The number of aromatic nitrogens is 1. The van der Waals surface area contributed by atoms with Gasteiger partial charge < -0.3 is 14.8 Å². The lowest BCUT2D eigenvalue weighted by atomic mass is 9.98. The van der Waals surface area contributed by atoms with E-state index in [2.05, 4.69) is 34.6 Å². The number of carbonyl (C=O) groups excluding carboxylic acids is 1. The molecule has 29 heavy (non-hydrogen) atoms. The molecule has 0 aliphatic heterocycles. The number of benzene rings is 2. The zero-order valence-electron chi connectivity index (χ0n) is 16.2. The van der Waals surface area contributed by atoms with Crippen molar-refractivity contribution in [2.24, 2.45) is 0 Å². The van der Waals surface area contributed by atoms with Crippen LogP contribution in [-0.4, -0.2) is 31.3 Å². The Morgan fingerprint density at radius 2 is 1.76 bits per heavy atom. The molecule has 0 saturated carbocycles. The first kappa shape index (κ1) is 18.7. The Balaban J connectivity index is 1.32. The maximum absolute atomic E-state index is 12.1. The van der Waals surface area contributed by atoms with Gasteiger partial charge in [-0.2, -0.15) is 0 Å². The summed E-state index contributed by atoms with van der Waals surface area (Å²) in [7, 11) is 1.60. The molecule has 1 aromatic heterocycles. The maximum atomic E-state index is 12.1. The molecule has 4 rings (SSSR count). The minimum absolute atomic E-state index is 0.0616. The minimum Gasteiger partial charge on any atom is -0.495 e. The third-order valence-electron chi connectivity index (χ3n) is 4.99. The number of hydrogen-bond donors (Lipinski definition) is 1. The van der Waals surface area contributed by atoms with Crippen molar-refractivity contribution in [2.45, 2.75) is 5.92 Å². The quantitative estimate of drug-likeness (QED) is 0.670. The van der Waals surface area contributed by atoms with E-state index in [0.29, 0.717) is 18.9 Å². The van der Waals surface area contributed by atoms with E-state index in [4.69, 9.17) is 9.47 Å². The molecule has 1 heterocycles. The van der Waals surface area contributed by atoms with Gasteiger partial charge in [0.2, 0.25) is 0 Å². The van der Waals surface area contributed by atoms with E-state index in [1.165, 1.54) is 22.3 Å². The van der Waals surface area contributed by atoms with Gasteiger partial charge in [0.05, 0.1) is 13.3 Å². The monoisotopic (exact) mass is 386 g/mol. The standard InChI is InChI=1S/C24H22N2O3/c1-28-18-13-17(14-25-15-18)7-6-12-26-24(27)29-16-23-21-10-4-2-8-19(21)20-9-3-5-11-22(20)23/h2-11,13-15,23H,12,16H2,1H3,(H,26,27). The highest BCUT2D eigenvalue weighted by Crippen LogP contribution is 2.44. The normalized spacial score (nSPS) is 12.4. The first-order valence-corrected chi connectivity index (χ1v) is 9.50. The zero-order valence-corrected chi connectivity index (χ0v) is 16.2. The Hall–Kier alpha value is -3.60. The fraction of sp³-hybridized carbons (Fsp3) is 0.167. The van der Waals surface area contributed by atoms with Crippen LogP contribution in [0.2, 0.25) is 0 Å². The molecule has 5 nitrogen and oxygen atoms in total. The molecule has 1 amide bonds. The Kier molecular flexibility index (Phi) is 5.56. The average molecular weight is 386 g/mol. The molecule has 3 aromatic rings. The maximum Gasteiger partial charge on any atom is 0.407 e. The number of amides is 1.